The second-order valence-electron chi connectivity index (χ2n) is 4.29. The fraction of sp³-hybridized carbons (Fsp3) is 0.222. The molecule has 1 aromatic carbocycles. The lowest BCUT2D eigenvalue weighted by molar-refractivity contribution is 0.414. The first-order valence-electron chi connectivity index (χ1n) is 6.75. The van der Waals surface area contributed by atoms with E-state index in [2.05, 4.69) is 30.1 Å². The van der Waals surface area contributed by atoms with Gasteiger partial charge < -0.3 is 10.1 Å². The Balaban J connectivity index is 2.45. The lowest BCUT2D eigenvalue weighted by Gasteiger charge is -2.10. The van der Waals surface area contributed by atoms with Gasteiger partial charge in [-0.05, 0) is 24.6 Å². The highest BCUT2D eigenvalue weighted by Crippen LogP contribution is 2.11. The molecule has 0 saturated heterocycles. The van der Waals surface area contributed by atoms with Crippen LogP contribution in [-0.4, -0.2) is 13.2 Å². The Bertz CT molecular complexity index is 469. The zero-order chi connectivity index (χ0) is 14.6. The van der Waals surface area contributed by atoms with Crippen LogP contribution < -0.4 is 10.1 Å². The maximum absolute atomic E-state index is 5.14. The van der Waals surface area contributed by atoms with E-state index in [1.807, 2.05) is 55.5 Å². The highest BCUT2D eigenvalue weighted by molar-refractivity contribution is 5.27. The Hall–Kier alpha value is -2.06. The molecule has 0 aromatic heterocycles. The lowest BCUT2D eigenvalue weighted by Crippen LogP contribution is -2.24. The Morgan fingerprint density at radius 2 is 1.85 bits per heavy atom. The average molecular weight is 269 g/mol. The van der Waals surface area contributed by atoms with Gasteiger partial charge in [0.2, 0.25) is 0 Å². The van der Waals surface area contributed by atoms with E-state index in [1.54, 1.807) is 7.11 Å². The monoisotopic (exact) mass is 269 g/mol. The molecule has 0 saturated carbocycles. The SMILES string of the molecule is C=CC(/C=C/C=C\C=C/C)NCc1ccc(OC)cc1. The number of ether oxygens (including phenoxy) is 1. The number of allylic oxidation sites excluding steroid dienone is 5. The smallest absolute Gasteiger partial charge is 0.118 e. The van der Waals surface area contributed by atoms with Crippen LogP contribution in [0, 0.1) is 0 Å². The van der Waals surface area contributed by atoms with Crippen molar-refractivity contribution >= 4 is 0 Å². The summed E-state index contributed by atoms with van der Waals surface area (Å²) in [6.45, 7) is 6.64. The molecule has 20 heavy (non-hydrogen) atoms. The molecule has 1 N–H and O–H groups in total. The zero-order valence-corrected chi connectivity index (χ0v) is 12.3. The number of hydrogen-bond acceptors (Lipinski definition) is 2. The molecule has 0 amide bonds. The summed E-state index contributed by atoms with van der Waals surface area (Å²) in [6, 6.07) is 8.21. The second-order valence-corrected chi connectivity index (χ2v) is 4.29. The van der Waals surface area contributed by atoms with Gasteiger partial charge in [-0.2, -0.15) is 0 Å². The van der Waals surface area contributed by atoms with Gasteiger partial charge in [-0.3, -0.25) is 0 Å². The molecule has 0 aliphatic heterocycles. The van der Waals surface area contributed by atoms with Gasteiger partial charge in [-0.15, -0.1) is 6.58 Å². The van der Waals surface area contributed by atoms with Crippen molar-refractivity contribution < 1.29 is 4.74 Å². The van der Waals surface area contributed by atoms with Gasteiger partial charge >= 0.3 is 0 Å². The molecular formula is C18H23NO. The molecule has 1 unspecified atom stereocenters. The summed E-state index contributed by atoms with van der Waals surface area (Å²) < 4.78 is 5.14. The number of hydrogen-bond donors (Lipinski definition) is 1. The van der Waals surface area contributed by atoms with E-state index in [0.29, 0.717) is 0 Å². The van der Waals surface area contributed by atoms with Crippen LogP contribution in [0.25, 0.3) is 0 Å². The van der Waals surface area contributed by atoms with Crippen molar-refractivity contribution in [1.29, 1.82) is 0 Å². The van der Waals surface area contributed by atoms with Gasteiger partial charge in [0.1, 0.15) is 5.75 Å². The van der Waals surface area contributed by atoms with Crippen LogP contribution in [0.1, 0.15) is 12.5 Å². The summed E-state index contributed by atoms with van der Waals surface area (Å²) >= 11 is 0. The van der Waals surface area contributed by atoms with Gasteiger partial charge in [-0.1, -0.05) is 54.7 Å². The summed E-state index contributed by atoms with van der Waals surface area (Å²) in [5.74, 6) is 0.878. The normalized spacial score (nSPS) is 13.3. The van der Waals surface area contributed by atoms with E-state index in [0.717, 1.165) is 12.3 Å². The molecule has 0 bridgehead atoms. The third-order valence-electron chi connectivity index (χ3n) is 2.80. The van der Waals surface area contributed by atoms with E-state index in [9.17, 15) is 0 Å². The minimum atomic E-state index is 0.160. The van der Waals surface area contributed by atoms with Crippen molar-refractivity contribution in [2.24, 2.45) is 0 Å². The zero-order valence-electron chi connectivity index (χ0n) is 12.3. The van der Waals surface area contributed by atoms with Crippen LogP contribution in [0.2, 0.25) is 0 Å². The van der Waals surface area contributed by atoms with Crippen molar-refractivity contribution in [1.82, 2.24) is 5.32 Å². The minimum absolute atomic E-state index is 0.160. The van der Waals surface area contributed by atoms with Gasteiger partial charge in [0.05, 0.1) is 7.11 Å². The van der Waals surface area contributed by atoms with Crippen LogP contribution in [0.4, 0.5) is 0 Å². The molecule has 1 rings (SSSR count). The van der Waals surface area contributed by atoms with Gasteiger partial charge in [0, 0.05) is 12.6 Å². The molecule has 2 nitrogen and oxygen atoms in total. The van der Waals surface area contributed by atoms with Crippen molar-refractivity contribution in [2.75, 3.05) is 7.11 Å². The van der Waals surface area contributed by atoms with E-state index in [1.165, 1.54) is 5.56 Å². The van der Waals surface area contributed by atoms with Crippen LogP contribution in [0.3, 0.4) is 0 Å². The van der Waals surface area contributed by atoms with Crippen LogP contribution in [-0.2, 0) is 6.54 Å². The third-order valence-corrected chi connectivity index (χ3v) is 2.80. The van der Waals surface area contributed by atoms with E-state index >= 15 is 0 Å². The Labute approximate surface area is 122 Å². The van der Waals surface area contributed by atoms with E-state index in [4.69, 9.17) is 4.74 Å². The molecule has 2 heteroatoms. The van der Waals surface area contributed by atoms with Crippen LogP contribution >= 0.6 is 0 Å². The fourth-order valence-corrected chi connectivity index (χ4v) is 1.63. The minimum Gasteiger partial charge on any atom is -0.497 e. The molecule has 1 aromatic rings. The second kappa shape index (κ2) is 9.82. The number of benzene rings is 1. The number of methoxy groups -OCH3 is 1. The molecule has 106 valence electrons. The Kier molecular flexibility index (Phi) is 7.85. The molecular weight excluding hydrogens is 246 g/mol. The van der Waals surface area contributed by atoms with Gasteiger partial charge in [0.25, 0.3) is 0 Å². The largest absolute Gasteiger partial charge is 0.497 e. The standard InChI is InChI=1S/C18H23NO/c1-4-6-7-8-9-10-17(5-2)19-15-16-11-13-18(20-3)14-12-16/h4-14,17,19H,2,15H2,1,3H3/b6-4-,8-7-,10-9+. The predicted molar refractivity (Wildman–Crippen MR) is 86.9 cm³/mol. The maximum atomic E-state index is 5.14. The molecule has 0 spiro atoms. The number of nitrogens with one attached hydrogen (secondary N) is 1. The summed E-state index contributed by atoms with van der Waals surface area (Å²) in [6.07, 6.45) is 14.0. The van der Waals surface area contributed by atoms with Crippen molar-refractivity contribution in [2.45, 2.75) is 19.5 Å². The highest BCUT2D eigenvalue weighted by Gasteiger charge is 1.99. The van der Waals surface area contributed by atoms with Crippen molar-refractivity contribution in [3.05, 3.63) is 78.9 Å². The maximum Gasteiger partial charge on any atom is 0.118 e. The van der Waals surface area contributed by atoms with Crippen molar-refractivity contribution in [3.8, 4) is 5.75 Å². The summed E-state index contributed by atoms with van der Waals surface area (Å²) in [5.41, 5.74) is 1.22. The Morgan fingerprint density at radius 3 is 2.45 bits per heavy atom. The first kappa shape index (κ1) is 16.0. The lowest BCUT2D eigenvalue weighted by atomic mass is 10.2. The molecule has 0 radical (unpaired) electrons. The van der Waals surface area contributed by atoms with E-state index in [-0.39, 0.29) is 6.04 Å². The first-order valence-corrected chi connectivity index (χ1v) is 6.75. The van der Waals surface area contributed by atoms with Crippen molar-refractivity contribution in [3.63, 3.8) is 0 Å². The highest BCUT2D eigenvalue weighted by atomic mass is 16.5. The molecule has 0 aliphatic rings. The van der Waals surface area contributed by atoms with E-state index < -0.39 is 0 Å². The summed E-state index contributed by atoms with van der Waals surface area (Å²) in [7, 11) is 1.67. The summed E-state index contributed by atoms with van der Waals surface area (Å²) in [5, 5.41) is 3.42. The molecule has 0 fully saturated rings. The predicted octanol–water partition coefficient (Wildman–Crippen LogP) is 4.03. The Morgan fingerprint density at radius 1 is 1.15 bits per heavy atom. The molecule has 1 atom stereocenters. The summed E-state index contributed by atoms with van der Waals surface area (Å²) in [4.78, 5) is 0. The third kappa shape index (κ3) is 6.21. The fourth-order valence-electron chi connectivity index (χ4n) is 1.63. The molecule has 0 heterocycles. The topological polar surface area (TPSA) is 21.3 Å². The quantitative estimate of drug-likeness (QED) is 0.568. The van der Waals surface area contributed by atoms with Crippen LogP contribution in [0.5, 0.6) is 5.75 Å². The molecule has 0 aliphatic carbocycles. The van der Waals surface area contributed by atoms with Gasteiger partial charge in [0.15, 0.2) is 0 Å². The van der Waals surface area contributed by atoms with Gasteiger partial charge in [-0.25, -0.2) is 0 Å². The average Bonchev–Trinajstić information content (AvgIpc) is 2.50. The first-order chi connectivity index (χ1) is 9.80. The van der Waals surface area contributed by atoms with Crippen LogP contribution in [0.15, 0.2) is 73.4 Å². The number of rotatable bonds is 8.